The van der Waals surface area contributed by atoms with Gasteiger partial charge in [-0.2, -0.15) is 0 Å². The Morgan fingerprint density at radius 2 is 1.92 bits per heavy atom. The number of guanidine groups is 1. The summed E-state index contributed by atoms with van der Waals surface area (Å²) < 4.78 is 31.0. The average molecular weight is 1000 g/mol. The molecular weight excluding hydrogens is 941 g/mol. The molecule has 66 heavy (non-hydrogen) atoms. The molecule has 1 unspecified atom stereocenters. The van der Waals surface area contributed by atoms with Crippen LogP contribution in [0.4, 0.5) is 0 Å². The van der Waals surface area contributed by atoms with Crippen molar-refractivity contribution in [2.24, 2.45) is 34.4 Å². The number of carbonyl (C=O) groups is 2. The monoisotopic (exact) mass is 999 g/mol. The standard InChI is InChI=1S/C43H58N4O15S4/c1-21(2)59-37-41(61-31(18-51)36(52)43(37,56)57)62-40-25-5-3-12-63-65-32-9-7-22-13-24-14-47(15-26(38(53)54)34(24)46-42(44)45-10-4-11-48)29(17-50)35(32)66-64-20-28-23(16-49)6-8-30(28)60-39(55)27(19-58-40)33(22)25/h3,5,13,15,19,21,23,25,28-33,35-37,40-41,48-52,56-57H,4,6,8,10-12,14,16-18,20H2,1-2H3,(H,53,54)(H3,44,45,46)/p+1/b5-3+,22-13+/t23-,25+,28-,29+,30-,31+,32-,33-,35-,36+,37-,40-,41-/m0/s1. The van der Waals surface area contributed by atoms with Crippen LogP contribution in [-0.2, 0) is 33.3 Å². The molecule has 7 aliphatic rings. The molecule has 0 aromatic rings. The van der Waals surface area contributed by atoms with Crippen LogP contribution in [0.25, 0.3) is 0 Å². The van der Waals surface area contributed by atoms with Gasteiger partial charge in [0, 0.05) is 54.2 Å². The highest BCUT2D eigenvalue weighted by molar-refractivity contribution is 8.78. The first-order valence-corrected chi connectivity index (χ1v) is 26.6. The number of nitrogens with one attached hydrogen (secondary N) is 2. The molecule has 0 radical (unpaired) electrons. The summed E-state index contributed by atoms with van der Waals surface area (Å²) in [5.74, 6) is 0.343. The summed E-state index contributed by atoms with van der Waals surface area (Å²) >= 11 is 0. The minimum atomic E-state index is -2.96. The van der Waals surface area contributed by atoms with Crippen LogP contribution >= 0.6 is 43.2 Å². The van der Waals surface area contributed by atoms with E-state index in [1.54, 1.807) is 43.0 Å². The number of allylic oxidation sites excluding steroid dienone is 1. The second-order valence-corrected chi connectivity index (χ2v) is 22.3. The van der Waals surface area contributed by atoms with Crippen molar-refractivity contribution in [2.45, 2.75) is 98.5 Å². The largest absolute Gasteiger partial charge is 0.477 e. The van der Waals surface area contributed by atoms with Crippen LogP contribution in [0.2, 0.25) is 0 Å². The number of aliphatic hydroxyl groups is 7. The summed E-state index contributed by atoms with van der Waals surface area (Å²) in [6.07, 6.45) is 0.0896. The lowest BCUT2D eigenvalue weighted by molar-refractivity contribution is -0.870. The molecule has 6 aliphatic heterocycles. The zero-order valence-electron chi connectivity index (χ0n) is 36.3. The number of carbonyl (C=O) groups excluding carboxylic acids is 1. The number of quaternary nitrogens is 1. The number of nitrogens with two attached hydrogens (primary N) is 1. The molecule has 364 valence electrons. The van der Waals surface area contributed by atoms with Crippen LogP contribution in [0.5, 0.6) is 0 Å². The van der Waals surface area contributed by atoms with Crippen molar-refractivity contribution in [3.05, 3.63) is 58.7 Å². The van der Waals surface area contributed by atoms with Crippen LogP contribution in [0.3, 0.4) is 0 Å². The summed E-state index contributed by atoms with van der Waals surface area (Å²) in [6.45, 7) is 2.18. The zero-order valence-corrected chi connectivity index (χ0v) is 39.6. The second kappa shape index (κ2) is 22.8. The number of carboxylic acid groups (broad SMARTS) is 1. The van der Waals surface area contributed by atoms with E-state index in [0.29, 0.717) is 46.8 Å². The Labute approximate surface area is 398 Å². The predicted molar refractivity (Wildman–Crippen MR) is 247 cm³/mol. The van der Waals surface area contributed by atoms with Gasteiger partial charge in [0.25, 0.3) is 0 Å². The Kier molecular flexibility index (Phi) is 17.6. The Bertz CT molecular complexity index is 2040. The Morgan fingerprint density at radius 3 is 2.64 bits per heavy atom. The van der Waals surface area contributed by atoms with E-state index in [1.165, 1.54) is 38.6 Å². The van der Waals surface area contributed by atoms with Crippen molar-refractivity contribution >= 4 is 61.1 Å². The summed E-state index contributed by atoms with van der Waals surface area (Å²) in [5.41, 5.74) is 7.06. The van der Waals surface area contributed by atoms with Gasteiger partial charge in [-0.25, -0.2) is 9.59 Å². The lowest BCUT2D eigenvalue weighted by Crippen LogP contribution is -3.14. The van der Waals surface area contributed by atoms with E-state index in [0.717, 1.165) is 0 Å². The summed E-state index contributed by atoms with van der Waals surface area (Å²) in [6, 6.07) is -0.572. The molecule has 1 aliphatic carbocycles. The molecule has 23 heteroatoms. The van der Waals surface area contributed by atoms with Crippen LogP contribution in [0.1, 0.15) is 33.1 Å². The number of esters is 1. The van der Waals surface area contributed by atoms with Crippen LogP contribution in [0, 0.1) is 35.5 Å². The molecule has 6 heterocycles. The quantitative estimate of drug-likeness (QED) is 0.0159. The van der Waals surface area contributed by atoms with Gasteiger partial charge >= 0.3 is 11.9 Å². The fourth-order valence-corrected chi connectivity index (χ4v) is 15.6. The maximum atomic E-state index is 14.8. The lowest BCUT2D eigenvalue weighted by Gasteiger charge is -2.48. The van der Waals surface area contributed by atoms with E-state index in [2.05, 4.69) is 22.2 Å². The highest BCUT2D eigenvalue weighted by atomic mass is 33.1. The Hall–Kier alpha value is -2.77. The maximum absolute atomic E-state index is 14.8. The van der Waals surface area contributed by atoms with Gasteiger partial charge in [0.2, 0.25) is 12.1 Å². The molecule has 0 aromatic carbocycles. The van der Waals surface area contributed by atoms with Crippen LogP contribution < -0.4 is 16.0 Å². The number of hydrogen-bond donors (Lipinski definition) is 11. The van der Waals surface area contributed by atoms with Crippen molar-refractivity contribution in [2.75, 3.05) is 51.0 Å². The number of hydrogen-bond acceptors (Lipinski definition) is 19. The smallest absolute Gasteiger partial charge is 0.343 e. The molecule has 0 aromatic heterocycles. The molecular formula is C43H59N4O15S4+. The fraction of sp³-hybridized carbons (Fsp3) is 0.651. The van der Waals surface area contributed by atoms with E-state index < -0.39 is 95.8 Å². The first-order valence-electron chi connectivity index (χ1n) is 21.9. The zero-order chi connectivity index (χ0) is 47.3. The van der Waals surface area contributed by atoms with E-state index in [-0.39, 0.29) is 67.5 Å². The fourth-order valence-electron chi connectivity index (χ4n) is 9.21. The average Bonchev–Trinajstić information content (AvgIpc) is 3.65. The molecule has 12 N–H and O–H groups in total. The van der Waals surface area contributed by atoms with E-state index >= 15 is 0 Å². The highest BCUT2D eigenvalue weighted by Gasteiger charge is 2.58. The van der Waals surface area contributed by atoms with Gasteiger partial charge < -0.3 is 75.6 Å². The molecule has 19 nitrogen and oxygen atoms in total. The number of aliphatic carboxylic acids is 1. The summed E-state index contributed by atoms with van der Waals surface area (Å²) in [5, 5.41) is 87.6. The third kappa shape index (κ3) is 11.1. The van der Waals surface area contributed by atoms with Gasteiger partial charge in [0.1, 0.15) is 42.7 Å². The molecule has 2 fully saturated rings. The number of aliphatic imine (C=N–C) groups is 1. The van der Waals surface area contributed by atoms with Gasteiger partial charge in [-0.3, -0.25) is 9.89 Å². The molecule has 14 atom stereocenters. The Balaban J connectivity index is 1.45. The highest BCUT2D eigenvalue weighted by Crippen LogP contribution is 2.47. The van der Waals surface area contributed by atoms with Crippen molar-refractivity contribution in [1.29, 1.82) is 0 Å². The second-order valence-electron chi connectivity index (χ2n) is 17.2. The number of aliphatic hydroxyl groups excluding tert-OH is 5. The normalized spacial score (nSPS) is 38.1. The van der Waals surface area contributed by atoms with E-state index in [4.69, 9.17) is 29.4 Å². The van der Waals surface area contributed by atoms with Crippen molar-refractivity contribution in [3.8, 4) is 11.8 Å². The molecule has 7 rings (SSSR count). The summed E-state index contributed by atoms with van der Waals surface area (Å²) in [7, 11) is 6.09. The van der Waals surface area contributed by atoms with Crippen LogP contribution in [0.15, 0.2) is 63.7 Å². The van der Waals surface area contributed by atoms with Gasteiger partial charge in [-0.1, -0.05) is 67.2 Å². The van der Waals surface area contributed by atoms with Gasteiger partial charge in [0.05, 0.1) is 53.3 Å². The van der Waals surface area contributed by atoms with Crippen molar-refractivity contribution in [3.63, 3.8) is 0 Å². The Morgan fingerprint density at radius 1 is 1.12 bits per heavy atom. The van der Waals surface area contributed by atoms with Gasteiger partial charge in [-0.15, -0.1) is 0 Å². The SMILES string of the molecule is CC(C)O[C@H]1[C@H](O[C@@H]2OC=C3C(=O)O[C@H]4CC[C@@H](CO)[C@@H]4CSS[C@@H]4[C@@H]5C#C/C(=C\C6=C(NC(N)=NCCCO)C(C(=O)O)=C[NH+](C6)[C@@H]4CO)[C@H]3[C@H]2/C=C/CSS5)O[C@H](CO)[C@@H](O)C1(O)O. The van der Waals surface area contributed by atoms with Gasteiger partial charge in [0.15, 0.2) is 18.4 Å². The molecule has 1 saturated heterocycles. The van der Waals surface area contributed by atoms with Gasteiger partial charge in [-0.05, 0) is 45.1 Å². The third-order valence-electron chi connectivity index (χ3n) is 12.5. The molecule has 1 saturated carbocycles. The maximum Gasteiger partial charge on any atom is 0.343 e. The minimum Gasteiger partial charge on any atom is -0.477 e. The number of fused-ring (bicyclic) bond motifs is 3. The first-order chi connectivity index (χ1) is 31.7. The molecule has 0 amide bonds. The van der Waals surface area contributed by atoms with E-state index in [9.17, 15) is 50.4 Å². The summed E-state index contributed by atoms with van der Waals surface area (Å²) in [4.78, 5) is 33.0. The number of ether oxygens (including phenoxy) is 5. The topological polar surface area (TPSA) is 297 Å². The van der Waals surface area contributed by atoms with Crippen LogP contribution in [-0.4, -0.2) is 175 Å². The predicted octanol–water partition coefficient (Wildman–Crippen LogP) is -1.25. The van der Waals surface area contributed by atoms with E-state index in [1.807, 2.05) is 6.08 Å². The minimum absolute atomic E-state index is 0.0457. The van der Waals surface area contributed by atoms with Crippen molar-refractivity contribution in [1.82, 2.24) is 5.32 Å². The van der Waals surface area contributed by atoms with Crippen molar-refractivity contribution < 1.29 is 79.0 Å². The third-order valence-corrected chi connectivity index (χ3v) is 18.2. The lowest BCUT2D eigenvalue weighted by atomic mass is 9.77. The molecule has 0 spiro atoms. The number of carboxylic acids is 1. The molecule has 6 bridgehead atoms. The number of rotatable bonds is 12. The number of nitrogens with zero attached hydrogens (tertiary/aromatic N) is 1. The first kappa shape index (κ1) is 51.1.